The van der Waals surface area contributed by atoms with Crippen LogP contribution in [0.1, 0.15) is 57.4 Å². The molecule has 1 amide bonds. The molecule has 9 nitrogen and oxygen atoms in total. The van der Waals surface area contributed by atoms with Crippen LogP contribution in [0.25, 0.3) is 5.76 Å². The monoisotopic (exact) mass is 541 g/mol. The standard InChI is InChI=1S/C30H39NO8/c1-17(2)39-13-12-31-25(19-15-22(36-7)28(38-9)23(16-19)37-8)24(27(33)29(31)34)26(32)18-10-11-21(35-6)20(14-18)30(3,4)5/h10-11,14-17,25,32H,12-13H2,1-9H3/b26-24+. The second kappa shape index (κ2) is 12.0. The maximum atomic E-state index is 13.5. The minimum Gasteiger partial charge on any atom is -0.507 e. The van der Waals surface area contributed by atoms with Gasteiger partial charge in [0.05, 0.1) is 52.8 Å². The lowest BCUT2D eigenvalue weighted by Crippen LogP contribution is -2.33. The van der Waals surface area contributed by atoms with Crippen LogP contribution >= 0.6 is 0 Å². The van der Waals surface area contributed by atoms with Gasteiger partial charge in [0, 0.05) is 17.7 Å². The molecule has 1 unspecified atom stereocenters. The van der Waals surface area contributed by atoms with Gasteiger partial charge >= 0.3 is 0 Å². The van der Waals surface area contributed by atoms with Gasteiger partial charge in [-0.2, -0.15) is 0 Å². The maximum absolute atomic E-state index is 13.5. The Balaban J connectivity index is 2.28. The molecule has 1 saturated heterocycles. The first kappa shape index (κ1) is 29.8. The first-order chi connectivity index (χ1) is 18.4. The van der Waals surface area contributed by atoms with Gasteiger partial charge < -0.3 is 33.7 Å². The van der Waals surface area contributed by atoms with Gasteiger partial charge in [-0.1, -0.05) is 20.8 Å². The summed E-state index contributed by atoms with van der Waals surface area (Å²) in [6.45, 7) is 10.2. The number of Topliss-reactive ketones (excluding diaryl/α,β-unsaturated/α-hetero) is 1. The number of aliphatic hydroxyl groups is 1. The second-order valence-electron chi connectivity index (χ2n) is 10.5. The molecule has 1 N–H and O–H groups in total. The molecule has 212 valence electrons. The zero-order chi connectivity index (χ0) is 29.1. The average molecular weight is 542 g/mol. The van der Waals surface area contributed by atoms with E-state index in [-0.39, 0.29) is 36.0 Å². The molecular weight excluding hydrogens is 502 g/mol. The van der Waals surface area contributed by atoms with Gasteiger partial charge in [-0.3, -0.25) is 9.59 Å². The van der Waals surface area contributed by atoms with Crippen molar-refractivity contribution in [1.29, 1.82) is 0 Å². The molecule has 1 aliphatic heterocycles. The van der Waals surface area contributed by atoms with Crippen molar-refractivity contribution in [3.63, 3.8) is 0 Å². The summed E-state index contributed by atoms with van der Waals surface area (Å²) in [6.07, 6.45) is -0.0587. The van der Waals surface area contributed by atoms with Crippen LogP contribution < -0.4 is 18.9 Å². The number of likely N-dealkylation sites (tertiary alicyclic amines) is 1. The van der Waals surface area contributed by atoms with Gasteiger partial charge in [-0.15, -0.1) is 0 Å². The van der Waals surface area contributed by atoms with Gasteiger partial charge in [-0.05, 0) is 55.2 Å². The van der Waals surface area contributed by atoms with Gasteiger partial charge in [-0.25, -0.2) is 0 Å². The molecule has 1 fully saturated rings. The van der Waals surface area contributed by atoms with Crippen molar-refractivity contribution in [1.82, 2.24) is 4.90 Å². The van der Waals surface area contributed by atoms with Crippen molar-refractivity contribution in [2.75, 3.05) is 41.6 Å². The molecule has 1 heterocycles. The molecule has 1 atom stereocenters. The lowest BCUT2D eigenvalue weighted by Gasteiger charge is -2.27. The van der Waals surface area contributed by atoms with Crippen LogP contribution in [0.2, 0.25) is 0 Å². The van der Waals surface area contributed by atoms with Crippen molar-refractivity contribution in [2.45, 2.75) is 52.2 Å². The summed E-state index contributed by atoms with van der Waals surface area (Å²) < 4.78 is 27.7. The third-order valence-corrected chi connectivity index (χ3v) is 6.61. The Morgan fingerprint density at radius 2 is 1.51 bits per heavy atom. The number of nitrogens with zero attached hydrogens (tertiary/aromatic N) is 1. The van der Waals surface area contributed by atoms with Gasteiger partial charge in [0.25, 0.3) is 11.7 Å². The summed E-state index contributed by atoms with van der Waals surface area (Å²) in [6, 6.07) is 7.64. The molecule has 3 rings (SSSR count). The Kier molecular flexibility index (Phi) is 9.17. The number of methoxy groups -OCH3 is 4. The fourth-order valence-electron chi connectivity index (χ4n) is 4.70. The fourth-order valence-corrected chi connectivity index (χ4v) is 4.70. The number of amides is 1. The molecule has 0 saturated carbocycles. The van der Waals surface area contributed by atoms with Crippen molar-refractivity contribution in [3.8, 4) is 23.0 Å². The Hall–Kier alpha value is -3.72. The zero-order valence-electron chi connectivity index (χ0n) is 24.2. The van der Waals surface area contributed by atoms with E-state index in [4.69, 9.17) is 23.7 Å². The number of hydrogen-bond donors (Lipinski definition) is 1. The van der Waals surface area contributed by atoms with Gasteiger partial charge in [0.2, 0.25) is 5.75 Å². The van der Waals surface area contributed by atoms with E-state index < -0.39 is 17.7 Å². The Morgan fingerprint density at radius 3 is 2.00 bits per heavy atom. The van der Waals surface area contributed by atoms with Gasteiger partial charge in [0.1, 0.15) is 11.5 Å². The SMILES string of the molecule is COc1ccc(/C(O)=C2\C(=O)C(=O)N(CCOC(C)C)C2c2cc(OC)c(OC)c(OC)c2)cc1C(C)(C)C. The number of ketones is 1. The predicted molar refractivity (Wildman–Crippen MR) is 148 cm³/mol. The smallest absolute Gasteiger partial charge is 0.295 e. The topological polar surface area (TPSA) is 104 Å². The minimum absolute atomic E-state index is 0.0381. The zero-order valence-corrected chi connectivity index (χ0v) is 24.2. The highest BCUT2D eigenvalue weighted by Crippen LogP contribution is 2.46. The Bertz CT molecular complexity index is 1230. The number of aliphatic hydroxyl groups excluding tert-OH is 1. The molecule has 9 heteroatoms. The van der Waals surface area contributed by atoms with E-state index in [9.17, 15) is 14.7 Å². The molecule has 2 aromatic rings. The summed E-state index contributed by atoms with van der Waals surface area (Å²) in [7, 11) is 6.05. The molecule has 39 heavy (non-hydrogen) atoms. The summed E-state index contributed by atoms with van der Waals surface area (Å²) in [5.41, 5.74) is 1.41. The number of rotatable bonds is 10. The highest BCUT2D eigenvalue weighted by atomic mass is 16.5. The van der Waals surface area contributed by atoms with E-state index in [2.05, 4.69) is 0 Å². The second-order valence-corrected chi connectivity index (χ2v) is 10.5. The lowest BCUT2D eigenvalue weighted by molar-refractivity contribution is -0.140. The summed E-state index contributed by atoms with van der Waals surface area (Å²) in [4.78, 5) is 28.2. The first-order valence-corrected chi connectivity index (χ1v) is 12.8. The summed E-state index contributed by atoms with van der Waals surface area (Å²) in [5.74, 6) is -0.0605. The van der Waals surface area contributed by atoms with E-state index in [0.717, 1.165) is 5.56 Å². The van der Waals surface area contributed by atoms with E-state index in [1.807, 2.05) is 34.6 Å². The third-order valence-electron chi connectivity index (χ3n) is 6.61. The van der Waals surface area contributed by atoms with Crippen LogP contribution in [0.5, 0.6) is 23.0 Å². The predicted octanol–water partition coefficient (Wildman–Crippen LogP) is 4.87. The quantitative estimate of drug-likeness (QED) is 0.258. The number of benzene rings is 2. The van der Waals surface area contributed by atoms with E-state index in [1.54, 1.807) is 37.4 Å². The maximum Gasteiger partial charge on any atom is 0.295 e. The lowest BCUT2D eigenvalue weighted by atomic mass is 9.84. The normalized spacial score (nSPS) is 17.1. The Labute approximate surface area is 230 Å². The Morgan fingerprint density at radius 1 is 0.923 bits per heavy atom. The molecule has 0 aliphatic carbocycles. The van der Waals surface area contributed by atoms with Crippen molar-refractivity contribution >= 4 is 17.4 Å². The molecule has 0 bridgehead atoms. The van der Waals surface area contributed by atoms with Crippen LogP contribution in [-0.4, -0.2) is 69.4 Å². The van der Waals surface area contributed by atoms with Crippen LogP contribution in [0.4, 0.5) is 0 Å². The fraction of sp³-hybridized carbons (Fsp3) is 0.467. The van der Waals surface area contributed by atoms with E-state index in [1.165, 1.54) is 26.2 Å². The molecule has 0 aromatic heterocycles. The molecule has 2 aromatic carbocycles. The number of carbonyl (C=O) groups is 2. The highest BCUT2D eigenvalue weighted by Gasteiger charge is 2.46. The van der Waals surface area contributed by atoms with Crippen molar-refractivity contribution in [2.24, 2.45) is 0 Å². The number of carbonyl (C=O) groups excluding carboxylic acids is 2. The number of ether oxygens (including phenoxy) is 5. The third kappa shape index (κ3) is 5.98. The first-order valence-electron chi connectivity index (χ1n) is 12.8. The van der Waals surface area contributed by atoms with Crippen LogP contribution in [0.3, 0.4) is 0 Å². The van der Waals surface area contributed by atoms with E-state index >= 15 is 0 Å². The summed E-state index contributed by atoms with van der Waals surface area (Å²) in [5, 5.41) is 11.6. The van der Waals surface area contributed by atoms with Crippen LogP contribution in [0.15, 0.2) is 35.9 Å². The van der Waals surface area contributed by atoms with Crippen LogP contribution in [-0.2, 0) is 19.7 Å². The molecular formula is C30H39NO8. The van der Waals surface area contributed by atoms with Crippen molar-refractivity contribution < 1.29 is 38.4 Å². The molecule has 0 spiro atoms. The summed E-state index contributed by atoms with van der Waals surface area (Å²) >= 11 is 0. The number of hydrogen-bond acceptors (Lipinski definition) is 8. The highest BCUT2D eigenvalue weighted by molar-refractivity contribution is 6.46. The minimum atomic E-state index is -0.922. The van der Waals surface area contributed by atoms with Crippen molar-refractivity contribution in [3.05, 3.63) is 52.6 Å². The van der Waals surface area contributed by atoms with E-state index in [0.29, 0.717) is 34.1 Å². The molecule has 1 aliphatic rings. The average Bonchev–Trinajstić information content (AvgIpc) is 3.15. The largest absolute Gasteiger partial charge is 0.507 e. The molecule has 0 radical (unpaired) electrons. The van der Waals surface area contributed by atoms with Gasteiger partial charge in [0.15, 0.2) is 11.5 Å². The van der Waals surface area contributed by atoms with Crippen LogP contribution in [0, 0.1) is 0 Å².